The molecule has 0 radical (unpaired) electrons. The van der Waals surface area contributed by atoms with Crippen molar-refractivity contribution >= 4 is 5.97 Å². The van der Waals surface area contributed by atoms with E-state index in [-0.39, 0.29) is 0 Å². The lowest BCUT2D eigenvalue weighted by Gasteiger charge is -2.20. The molecular formula is C14H18N4O2. The number of rotatable bonds is 4. The highest BCUT2D eigenvalue weighted by molar-refractivity contribution is 5.76. The van der Waals surface area contributed by atoms with Crippen LogP contribution in [0.15, 0.2) is 24.3 Å². The molecule has 0 bridgehead atoms. The van der Waals surface area contributed by atoms with E-state index in [4.69, 9.17) is 0 Å². The third-order valence-electron chi connectivity index (χ3n) is 3.36. The third-order valence-corrected chi connectivity index (χ3v) is 3.36. The highest BCUT2D eigenvalue weighted by Gasteiger charge is 2.33. The number of benzene rings is 1. The van der Waals surface area contributed by atoms with E-state index < -0.39 is 11.5 Å². The summed E-state index contributed by atoms with van der Waals surface area (Å²) in [5.74, 6) is -0.0898. The zero-order valence-corrected chi connectivity index (χ0v) is 12.0. The Balaban J connectivity index is 2.45. The lowest BCUT2D eigenvalue weighted by atomic mass is 10.0. The molecule has 106 valence electrons. The number of aliphatic carboxylic acids is 1. The first-order chi connectivity index (χ1) is 9.34. The average Bonchev–Trinajstić information content (AvgIpc) is 2.88. The van der Waals surface area contributed by atoms with Gasteiger partial charge in [0.2, 0.25) is 0 Å². The molecule has 0 aliphatic carbocycles. The molecule has 0 unspecified atom stereocenters. The van der Waals surface area contributed by atoms with Gasteiger partial charge in [0.15, 0.2) is 11.4 Å². The molecule has 1 aromatic heterocycles. The Hall–Kier alpha value is -2.24. The first kappa shape index (κ1) is 14.2. The van der Waals surface area contributed by atoms with Crippen molar-refractivity contribution in [2.75, 3.05) is 0 Å². The Kier molecular flexibility index (Phi) is 3.57. The van der Waals surface area contributed by atoms with Crippen molar-refractivity contribution in [3.05, 3.63) is 29.8 Å². The van der Waals surface area contributed by atoms with Crippen LogP contribution in [0.4, 0.5) is 0 Å². The lowest BCUT2D eigenvalue weighted by Crippen LogP contribution is -2.37. The van der Waals surface area contributed by atoms with Crippen LogP contribution in [-0.2, 0) is 10.3 Å². The molecule has 1 heterocycles. The molecule has 20 heavy (non-hydrogen) atoms. The third kappa shape index (κ3) is 2.41. The Morgan fingerprint density at radius 1 is 1.25 bits per heavy atom. The second-order valence-electron chi connectivity index (χ2n) is 5.56. The van der Waals surface area contributed by atoms with E-state index in [0.29, 0.717) is 11.7 Å². The van der Waals surface area contributed by atoms with Crippen LogP contribution in [0.2, 0.25) is 0 Å². The summed E-state index contributed by atoms with van der Waals surface area (Å²) in [5, 5.41) is 20.7. The van der Waals surface area contributed by atoms with Crippen molar-refractivity contribution in [3.8, 4) is 11.4 Å². The Labute approximate surface area is 117 Å². The summed E-state index contributed by atoms with van der Waals surface area (Å²) < 4.78 is 1.33. The summed E-state index contributed by atoms with van der Waals surface area (Å²) in [6.07, 6.45) is 0. The fourth-order valence-electron chi connectivity index (χ4n) is 1.85. The number of aromatic nitrogens is 4. The molecule has 0 aliphatic heterocycles. The van der Waals surface area contributed by atoms with Crippen molar-refractivity contribution in [1.29, 1.82) is 0 Å². The predicted octanol–water partition coefficient (Wildman–Crippen LogP) is 2.28. The van der Waals surface area contributed by atoms with E-state index >= 15 is 0 Å². The topological polar surface area (TPSA) is 80.9 Å². The van der Waals surface area contributed by atoms with Crippen LogP contribution in [0, 0.1) is 0 Å². The van der Waals surface area contributed by atoms with Gasteiger partial charge in [0.25, 0.3) is 0 Å². The van der Waals surface area contributed by atoms with Gasteiger partial charge in [-0.25, -0.2) is 9.48 Å². The van der Waals surface area contributed by atoms with E-state index in [1.165, 1.54) is 10.2 Å². The van der Waals surface area contributed by atoms with E-state index in [1.54, 1.807) is 13.8 Å². The first-order valence-electron chi connectivity index (χ1n) is 6.46. The summed E-state index contributed by atoms with van der Waals surface area (Å²) in [5.41, 5.74) is 0.814. The van der Waals surface area contributed by atoms with E-state index in [0.717, 1.165) is 5.56 Å². The number of hydrogen-bond acceptors (Lipinski definition) is 4. The number of carboxylic acids is 1. The average molecular weight is 274 g/mol. The van der Waals surface area contributed by atoms with Gasteiger partial charge < -0.3 is 5.11 Å². The standard InChI is InChI=1S/C14H18N4O2/c1-9(2)10-5-7-11(8-6-10)12-15-16-17-18(12)14(3,4)13(19)20/h5-9H,1-4H3,(H,19,20). The maximum atomic E-state index is 11.3. The second-order valence-corrected chi connectivity index (χ2v) is 5.56. The van der Waals surface area contributed by atoms with Crippen molar-refractivity contribution in [2.45, 2.75) is 39.2 Å². The van der Waals surface area contributed by atoms with Crippen molar-refractivity contribution < 1.29 is 9.90 Å². The van der Waals surface area contributed by atoms with Gasteiger partial charge in [0, 0.05) is 5.56 Å². The van der Waals surface area contributed by atoms with Crippen molar-refractivity contribution in [3.63, 3.8) is 0 Å². The smallest absolute Gasteiger partial charge is 0.331 e. The summed E-state index contributed by atoms with van der Waals surface area (Å²) >= 11 is 0. The minimum Gasteiger partial charge on any atom is -0.479 e. The van der Waals surface area contributed by atoms with Gasteiger partial charge in [-0.3, -0.25) is 0 Å². The van der Waals surface area contributed by atoms with E-state index in [9.17, 15) is 9.90 Å². The zero-order chi connectivity index (χ0) is 14.9. The maximum Gasteiger partial charge on any atom is 0.331 e. The summed E-state index contributed by atoms with van der Waals surface area (Å²) in [6, 6.07) is 7.84. The number of carbonyl (C=O) groups is 1. The highest BCUT2D eigenvalue weighted by atomic mass is 16.4. The molecule has 0 amide bonds. The minimum absolute atomic E-state index is 0.440. The zero-order valence-electron chi connectivity index (χ0n) is 12.0. The molecule has 0 saturated carbocycles. The Bertz CT molecular complexity index is 614. The van der Waals surface area contributed by atoms with Gasteiger partial charge >= 0.3 is 5.97 Å². The van der Waals surface area contributed by atoms with Crippen LogP contribution in [-0.4, -0.2) is 31.3 Å². The number of hydrogen-bond donors (Lipinski definition) is 1. The Morgan fingerprint density at radius 3 is 2.35 bits per heavy atom. The van der Waals surface area contributed by atoms with Gasteiger partial charge in [0.05, 0.1) is 0 Å². The molecule has 6 nitrogen and oxygen atoms in total. The molecule has 6 heteroatoms. The quantitative estimate of drug-likeness (QED) is 0.925. The van der Waals surface area contributed by atoms with Crippen LogP contribution in [0.1, 0.15) is 39.2 Å². The minimum atomic E-state index is -1.20. The van der Waals surface area contributed by atoms with E-state index in [1.807, 2.05) is 24.3 Å². The maximum absolute atomic E-state index is 11.3. The molecule has 0 saturated heterocycles. The molecule has 0 spiro atoms. The summed E-state index contributed by atoms with van der Waals surface area (Å²) in [7, 11) is 0. The van der Waals surface area contributed by atoms with Gasteiger partial charge in [-0.2, -0.15) is 0 Å². The first-order valence-corrected chi connectivity index (χ1v) is 6.46. The lowest BCUT2D eigenvalue weighted by molar-refractivity contribution is -0.146. The van der Waals surface area contributed by atoms with Crippen molar-refractivity contribution in [2.24, 2.45) is 0 Å². The van der Waals surface area contributed by atoms with Crippen LogP contribution in [0.3, 0.4) is 0 Å². The fourth-order valence-corrected chi connectivity index (χ4v) is 1.85. The number of nitrogens with zero attached hydrogens (tertiary/aromatic N) is 4. The van der Waals surface area contributed by atoms with Gasteiger partial charge in [-0.15, -0.1) is 5.10 Å². The van der Waals surface area contributed by atoms with Gasteiger partial charge in [-0.05, 0) is 35.8 Å². The van der Waals surface area contributed by atoms with Crippen LogP contribution >= 0.6 is 0 Å². The summed E-state index contributed by atoms with van der Waals surface area (Å²) in [4.78, 5) is 11.3. The molecule has 1 aromatic carbocycles. The molecule has 1 N–H and O–H groups in total. The highest BCUT2D eigenvalue weighted by Crippen LogP contribution is 2.24. The largest absolute Gasteiger partial charge is 0.479 e. The normalized spacial score (nSPS) is 11.8. The monoisotopic (exact) mass is 274 g/mol. The van der Waals surface area contributed by atoms with Crippen LogP contribution < -0.4 is 0 Å². The number of carboxylic acid groups (broad SMARTS) is 1. The van der Waals surface area contributed by atoms with Gasteiger partial charge in [-0.1, -0.05) is 38.1 Å². The van der Waals surface area contributed by atoms with Crippen LogP contribution in [0.5, 0.6) is 0 Å². The molecule has 0 aliphatic rings. The molecule has 2 aromatic rings. The molecular weight excluding hydrogens is 256 g/mol. The van der Waals surface area contributed by atoms with E-state index in [2.05, 4.69) is 29.4 Å². The second kappa shape index (κ2) is 5.03. The fraction of sp³-hybridized carbons (Fsp3) is 0.429. The SMILES string of the molecule is CC(C)c1ccc(-c2nnnn2C(C)(C)C(=O)O)cc1. The molecule has 0 fully saturated rings. The Morgan fingerprint density at radius 2 is 1.85 bits per heavy atom. The van der Waals surface area contributed by atoms with Gasteiger partial charge in [0.1, 0.15) is 0 Å². The summed E-state index contributed by atoms with van der Waals surface area (Å²) in [6.45, 7) is 7.37. The molecule has 2 rings (SSSR count). The number of tetrazole rings is 1. The molecule has 0 atom stereocenters. The van der Waals surface area contributed by atoms with Crippen LogP contribution in [0.25, 0.3) is 11.4 Å². The predicted molar refractivity (Wildman–Crippen MR) is 74.3 cm³/mol. The van der Waals surface area contributed by atoms with Crippen molar-refractivity contribution in [1.82, 2.24) is 20.2 Å².